The molecule has 1 N–H and O–H groups in total. The van der Waals surface area contributed by atoms with Gasteiger partial charge < -0.3 is 10.1 Å². The molecule has 2 rings (SSSR count). The summed E-state index contributed by atoms with van der Waals surface area (Å²) in [6.45, 7) is 7.62. The number of carbonyl (C=O) groups excluding carboxylic acids is 1. The highest BCUT2D eigenvalue weighted by atomic mass is 16.5. The van der Waals surface area contributed by atoms with Gasteiger partial charge in [0.05, 0.1) is 13.2 Å². The summed E-state index contributed by atoms with van der Waals surface area (Å²) < 4.78 is 5.32. The Bertz CT molecular complexity index is 428. The van der Waals surface area contributed by atoms with E-state index in [1.54, 1.807) is 0 Å². The van der Waals surface area contributed by atoms with Gasteiger partial charge in [0.25, 0.3) is 5.91 Å². The molecule has 0 atom stereocenters. The quantitative estimate of drug-likeness (QED) is 0.806. The van der Waals surface area contributed by atoms with Crippen LogP contribution in [0.2, 0.25) is 0 Å². The molecule has 0 aliphatic carbocycles. The van der Waals surface area contributed by atoms with Gasteiger partial charge in [0.15, 0.2) is 0 Å². The third-order valence-corrected chi connectivity index (χ3v) is 3.57. The third-order valence-electron chi connectivity index (χ3n) is 3.57. The number of morpholine rings is 1. The molecule has 4 heteroatoms. The Morgan fingerprint density at radius 2 is 2.10 bits per heavy atom. The number of aryl methyl sites for hydroxylation is 1. The highest BCUT2D eigenvalue weighted by Gasteiger charge is 2.09. The fraction of sp³-hybridized carbons (Fsp3) is 0.562. The minimum atomic E-state index is 0.0278. The second-order valence-corrected chi connectivity index (χ2v) is 5.29. The average molecular weight is 276 g/mol. The maximum absolute atomic E-state index is 11.9. The molecule has 1 saturated heterocycles. The first-order valence-electron chi connectivity index (χ1n) is 7.41. The van der Waals surface area contributed by atoms with Gasteiger partial charge in [0.1, 0.15) is 0 Å². The van der Waals surface area contributed by atoms with Crippen LogP contribution in [0.5, 0.6) is 0 Å². The fourth-order valence-corrected chi connectivity index (χ4v) is 2.38. The van der Waals surface area contributed by atoms with Gasteiger partial charge >= 0.3 is 0 Å². The zero-order valence-corrected chi connectivity index (χ0v) is 12.2. The molecule has 4 nitrogen and oxygen atoms in total. The van der Waals surface area contributed by atoms with Gasteiger partial charge in [-0.05, 0) is 38.4 Å². The number of hydrogen-bond donors (Lipinski definition) is 1. The van der Waals surface area contributed by atoms with Crippen LogP contribution >= 0.6 is 0 Å². The maximum Gasteiger partial charge on any atom is 0.251 e. The van der Waals surface area contributed by atoms with E-state index in [0.717, 1.165) is 63.4 Å². The van der Waals surface area contributed by atoms with Gasteiger partial charge in [-0.3, -0.25) is 9.69 Å². The first-order valence-corrected chi connectivity index (χ1v) is 7.41. The highest BCUT2D eigenvalue weighted by Crippen LogP contribution is 2.04. The minimum absolute atomic E-state index is 0.0278. The first-order chi connectivity index (χ1) is 9.75. The molecule has 0 saturated carbocycles. The number of rotatable bonds is 6. The van der Waals surface area contributed by atoms with Crippen LogP contribution in [0.25, 0.3) is 0 Å². The second-order valence-electron chi connectivity index (χ2n) is 5.29. The summed E-state index contributed by atoms with van der Waals surface area (Å²) in [5, 5.41) is 2.98. The minimum Gasteiger partial charge on any atom is -0.379 e. The lowest BCUT2D eigenvalue weighted by Crippen LogP contribution is -2.37. The molecule has 1 fully saturated rings. The second kappa shape index (κ2) is 8.02. The van der Waals surface area contributed by atoms with Crippen molar-refractivity contribution in [2.75, 3.05) is 39.4 Å². The first kappa shape index (κ1) is 15.0. The van der Waals surface area contributed by atoms with Gasteiger partial charge in [-0.15, -0.1) is 0 Å². The SMILES string of the molecule is Cc1cccc(C(=O)NCCCCN2CCOCC2)c1. The lowest BCUT2D eigenvalue weighted by atomic mass is 10.1. The largest absolute Gasteiger partial charge is 0.379 e. The van der Waals surface area contributed by atoms with Gasteiger partial charge in [-0.2, -0.15) is 0 Å². The van der Waals surface area contributed by atoms with Crippen LogP contribution in [0, 0.1) is 6.92 Å². The number of nitrogens with one attached hydrogen (secondary N) is 1. The lowest BCUT2D eigenvalue weighted by Gasteiger charge is -2.26. The van der Waals surface area contributed by atoms with Crippen molar-refractivity contribution in [3.8, 4) is 0 Å². The molecule has 0 bridgehead atoms. The molecule has 1 aromatic rings. The van der Waals surface area contributed by atoms with E-state index in [0.29, 0.717) is 0 Å². The Morgan fingerprint density at radius 1 is 1.30 bits per heavy atom. The van der Waals surface area contributed by atoms with Crippen molar-refractivity contribution in [2.45, 2.75) is 19.8 Å². The van der Waals surface area contributed by atoms with E-state index in [1.807, 2.05) is 31.2 Å². The summed E-state index contributed by atoms with van der Waals surface area (Å²) in [6.07, 6.45) is 2.14. The predicted octanol–water partition coefficient (Wildman–Crippen LogP) is 1.84. The van der Waals surface area contributed by atoms with E-state index in [9.17, 15) is 4.79 Å². The molecule has 0 spiro atoms. The van der Waals surface area contributed by atoms with Crippen molar-refractivity contribution in [3.63, 3.8) is 0 Å². The van der Waals surface area contributed by atoms with Crippen LogP contribution in [-0.2, 0) is 4.74 Å². The topological polar surface area (TPSA) is 41.6 Å². The van der Waals surface area contributed by atoms with Crippen molar-refractivity contribution in [3.05, 3.63) is 35.4 Å². The normalized spacial score (nSPS) is 16.1. The Balaban J connectivity index is 1.59. The molecule has 1 heterocycles. The number of hydrogen-bond acceptors (Lipinski definition) is 3. The summed E-state index contributed by atoms with van der Waals surface area (Å²) in [5.74, 6) is 0.0278. The molecular formula is C16H24N2O2. The summed E-state index contributed by atoms with van der Waals surface area (Å²) in [6, 6.07) is 7.70. The molecule has 20 heavy (non-hydrogen) atoms. The van der Waals surface area contributed by atoms with Crippen molar-refractivity contribution < 1.29 is 9.53 Å². The van der Waals surface area contributed by atoms with E-state index in [-0.39, 0.29) is 5.91 Å². The fourth-order valence-electron chi connectivity index (χ4n) is 2.38. The number of benzene rings is 1. The van der Waals surface area contributed by atoms with Crippen LogP contribution in [-0.4, -0.2) is 50.2 Å². The van der Waals surface area contributed by atoms with Crippen LogP contribution in [0.15, 0.2) is 24.3 Å². The van der Waals surface area contributed by atoms with E-state index in [2.05, 4.69) is 10.2 Å². The number of nitrogens with zero attached hydrogens (tertiary/aromatic N) is 1. The van der Waals surface area contributed by atoms with Gasteiger partial charge in [0, 0.05) is 25.2 Å². The van der Waals surface area contributed by atoms with E-state index >= 15 is 0 Å². The van der Waals surface area contributed by atoms with Crippen LogP contribution < -0.4 is 5.32 Å². The number of amides is 1. The van der Waals surface area contributed by atoms with Gasteiger partial charge in [-0.25, -0.2) is 0 Å². The Labute approximate surface area is 121 Å². The van der Waals surface area contributed by atoms with Gasteiger partial charge in [0.2, 0.25) is 0 Å². The molecule has 1 amide bonds. The van der Waals surface area contributed by atoms with Crippen LogP contribution in [0.4, 0.5) is 0 Å². The summed E-state index contributed by atoms with van der Waals surface area (Å²) in [5.41, 5.74) is 1.86. The highest BCUT2D eigenvalue weighted by molar-refractivity contribution is 5.94. The maximum atomic E-state index is 11.9. The van der Waals surface area contributed by atoms with E-state index in [1.165, 1.54) is 0 Å². The van der Waals surface area contributed by atoms with Gasteiger partial charge in [-0.1, -0.05) is 17.7 Å². The summed E-state index contributed by atoms with van der Waals surface area (Å²) >= 11 is 0. The summed E-state index contributed by atoms with van der Waals surface area (Å²) in [4.78, 5) is 14.3. The lowest BCUT2D eigenvalue weighted by molar-refractivity contribution is 0.0372. The van der Waals surface area contributed by atoms with E-state index in [4.69, 9.17) is 4.74 Å². The van der Waals surface area contributed by atoms with Crippen molar-refractivity contribution in [1.29, 1.82) is 0 Å². The molecule has 110 valence electrons. The molecule has 1 aliphatic heterocycles. The smallest absolute Gasteiger partial charge is 0.251 e. The monoisotopic (exact) mass is 276 g/mol. The Morgan fingerprint density at radius 3 is 2.85 bits per heavy atom. The molecule has 0 aromatic heterocycles. The molecule has 1 aromatic carbocycles. The zero-order chi connectivity index (χ0) is 14.2. The number of ether oxygens (including phenoxy) is 1. The zero-order valence-electron chi connectivity index (χ0n) is 12.2. The summed E-state index contributed by atoms with van der Waals surface area (Å²) in [7, 11) is 0. The predicted molar refractivity (Wildman–Crippen MR) is 80.0 cm³/mol. The molecule has 0 radical (unpaired) electrons. The van der Waals surface area contributed by atoms with E-state index < -0.39 is 0 Å². The van der Waals surface area contributed by atoms with Crippen LogP contribution in [0.3, 0.4) is 0 Å². The van der Waals surface area contributed by atoms with Crippen LogP contribution in [0.1, 0.15) is 28.8 Å². The third kappa shape index (κ3) is 4.94. The van der Waals surface area contributed by atoms with Crippen molar-refractivity contribution >= 4 is 5.91 Å². The molecule has 1 aliphatic rings. The number of carbonyl (C=O) groups is 1. The van der Waals surface area contributed by atoms with Crippen molar-refractivity contribution in [1.82, 2.24) is 10.2 Å². The molecular weight excluding hydrogens is 252 g/mol. The van der Waals surface area contributed by atoms with Crippen molar-refractivity contribution in [2.24, 2.45) is 0 Å². The number of unbranched alkanes of at least 4 members (excludes halogenated alkanes) is 1. The molecule has 0 unspecified atom stereocenters. The Hall–Kier alpha value is -1.39. The standard InChI is InChI=1S/C16H24N2O2/c1-14-5-4-6-15(13-14)16(19)17-7-2-3-8-18-9-11-20-12-10-18/h4-6,13H,2-3,7-12H2,1H3,(H,17,19). The average Bonchev–Trinajstić information content (AvgIpc) is 2.48. The Kier molecular flexibility index (Phi) is 6.02.